The summed E-state index contributed by atoms with van der Waals surface area (Å²) >= 11 is 5.98. The SMILES string of the molecule is O=C(Nc1cc(Cl)ccc1O)[C@@H](c1ccccc1)N1Cc2ccccc2C1=O. The molecule has 0 aliphatic carbocycles. The minimum atomic E-state index is -0.848. The van der Waals surface area contributed by atoms with Gasteiger partial charge < -0.3 is 15.3 Å². The molecule has 1 heterocycles. The van der Waals surface area contributed by atoms with Crippen molar-refractivity contribution >= 4 is 29.1 Å². The largest absolute Gasteiger partial charge is 0.506 e. The Hall–Kier alpha value is -3.31. The Kier molecular flexibility index (Phi) is 4.75. The van der Waals surface area contributed by atoms with Crippen molar-refractivity contribution in [2.45, 2.75) is 12.6 Å². The van der Waals surface area contributed by atoms with E-state index >= 15 is 0 Å². The van der Waals surface area contributed by atoms with Crippen molar-refractivity contribution in [1.29, 1.82) is 0 Å². The Morgan fingerprint density at radius 1 is 1.04 bits per heavy atom. The number of amides is 2. The van der Waals surface area contributed by atoms with E-state index < -0.39 is 11.9 Å². The number of phenols is 1. The maximum absolute atomic E-state index is 13.2. The average molecular weight is 393 g/mol. The van der Waals surface area contributed by atoms with Gasteiger partial charge in [-0.1, -0.05) is 60.1 Å². The summed E-state index contributed by atoms with van der Waals surface area (Å²) in [6, 6.07) is 20.0. The second-order valence-corrected chi connectivity index (χ2v) is 6.99. The van der Waals surface area contributed by atoms with Gasteiger partial charge >= 0.3 is 0 Å². The van der Waals surface area contributed by atoms with Gasteiger partial charge in [0, 0.05) is 17.1 Å². The normalized spacial score (nSPS) is 13.9. The number of nitrogens with zero attached hydrogens (tertiary/aromatic N) is 1. The summed E-state index contributed by atoms with van der Waals surface area (Å²) in [5.74, 6) is -0.722. The Balaban J connectivity index is 1.70. The first-order valence-corrected chi connectivity index (χ1v) is 9.15. The standard InChI is InChI=1S/C22H17ClN2O3/c23-16-10-11-19(26)18(12-16)24-21(27)20(14-6-2-1-3-7-14)25-13-15-8-4-5-9-17(15)22(25)28/h1-12,20,26H,13H2,(H,24,27)/t20-/m1/s1. The third-order valence-corrected chi connectivity index (χ3v) is 4.98. The summed E-state index contributed by atoms with van der Waals surface area (Å²) in [5, 5.41) is 13.1. The van der Waals surface area contributed by atoms with Gasteiger partial charge in [0.1, 0.15) is 11.8 Å². The molecule has 1 aliphatic rings. The van der Waals surface area contributed by atoms with Gasteiger partial charge in [0.05, 0.1) is 5.69 Å². The summed E-state index contributed by atoms with van der Waals surface area (Å²) in [7, 11) is 0. The zero-order chi connectivity index (χ0) is 19.7. The highest BCUT2D eigenvalue weighted by molar-refractivity contribution is 6.31. The van der Waals surface area contributed by atoms with Crippen molar-refractivity contribution in [3.05, 3.63) is 94.5 Å². The first-order chi connectivity index (χ1) is 13.5. The maximum atomic E-state index is 13.2. The van der Waals surface area contributed by atoms with E-state index in [1.807, 2.05) is 36.4 Å². The molecule has 140 valence electrons. The Morgan fingerprint density at radius 3 is 2.50 bits per heavy atom. The third kappa shape index (κ3) is 3.32. The lowest BCUT2D eigenvalue weighted by molar-refractivity contribution is -0.120. The van der Waals surface area contributed by atoms with Crippen molar-refractivity contribution < 1.29 is 14.7 Å². The van der Waals surface area contributed by atoms with E-state index in [1.165, 1.54) is 23.1 Å². The molecule has 4 rings (SSSR count). The number of nitrogens with one attached hydrogen (secondary N) is 1. The van der Waals surface area contributed by atoms with Gasteiger partial charge in [-0.3, -0.25) is 9.59 Å². The summed E-state index contributed by atoms with van der Waals surface area (Å²) in [6.45, 7) is 0.337. The average Bonchev–Trinajstić information content (AvgIpc) is 3.02. The zero-order valence-corrected chi connectivity index (χ0v) is 15.6. The molecule has 2 N–H and O–H groups in total. The van der Waals surface area contributed by atoms with Gasteiger partial charge in [0.15, 0.2) is 0 Å². The van der Waals surface area contributed by atoms with E-state index in [2.05, 4.69) is 5.32 Å². The summed E-state index contributed by atoms with van der Waals surface area (Å²) in [5.41, 5.74) is 2.36. The molecular weight excluding hydrogens is 376 g/mol. The Morgan fingerprint density at radius 2 is 1.75 bits per heavy atom. The van der Waals surface area contributed by atoms with E-state index in [4.69, 9.17) is 11.6 Å². The number of carbonyl (C=O) groups is 2. The predicted octanol–water partition coefficient (Wildman–Crippen LogP) is 4.38. The van der Waals surface area contributed by atoms with E-state index in [9.17, 15) is 14.7 Å². The highest BCUT2D eigenvalue weighted by Gasteiger charge is 2.37. The summed E-state index contributed by atoms with van der Waals surface area (Å²) in [6.07, 6.45) is 0. The van der Waals surface area contributed by atoms with Gasteiger partial charge in [-0.25, -0.2) is 0 Å². The zero-order valence-electron chi connectivity index (χ0n) is 14.8. The highest BCUT2D eigenvalue weighted by atomic mass is 35.5. The maximum Gasteiger partial charge on any atom is 0.255 e. The van der Waals surface area contributed by atoms with Crippen LogP contribution in [0, 0.1) is 0 Å². The molecular formula is C22H17ClN2O3. The Bertz CT molecular complexity index is 1050. The highest BCUT2D eigenvalue weighted by Crippen LogP contribution is 2.34. The number of hydrogen-bond acceptors (Lipinski definition) is 3. The van der Waals surface area contributed by atoms with Crippen molar-refractivity contribution in [1.82, 2.24) is 4.90 Å². The number of halogens is 1. The second kappa shape index (κ2) is 7.37. The molecule has 5 nitrogen and oxygen atoms in total. The van der Waals surface area contributed by atoms with E-state index in [0.717, 1.165) is 5.56 Å². The summed E-state index contributed by atoms with van der Waals surface area (Å²) in [4.78, 5) is 27.7. The molecule has 0 aromatic heterocycles. The van der Waals surface area contributed by atoms with Gasteiger partial charge in [-0.2, -0.15) is 0 Å². The molecule has 0 radical (unpaired) electrons. The van der Waals surface area contributed by atoms with Gasteiger partial charge in [-0.15, -0.1) is 0 Å². The number of anilines is 1. The molecule has 6 heteroatoms. The summed E-state index contributed by atoms with van der Waals surface area (Å²) < 4.78 is 0. The van der Waals surface area contributed by atoms with Gasteiger partial charge in [0.25, 0.3) is 11.8 Å². The van der Waals surface area contributed by atoms with Crippen LogP contribution in [-0.4, -0.2) is 21.8 Å². The molecule has 28 heavy (non-hydrogen) atoms. The molecule has 3 aromatic carbocycles. The molecule has 0 saturated carbocycles. The van der Waals surface area contributed by atoms with Crippen molar-refractivity contribution in [3.8, 4) is 5.75 Å². The van der Waals surface area contributed by atoms with Crippen molar-refractivity contribution in [2.75, 3.05) is 5.32 Å². The molecule has 1 atom stereocenters. The number of phenolic OH excluding ortho intramolecular Hbond substituents is 1. The van der Waals surface area contributed by atoms with Gasteiger partial charge in [0.2, 0.25) is 0 Å². The first kappa shape index (κ1) is 18.1. The van der Waals surface area contributed by atoms with E-state index in [-0.39, 0.29) is 17.3 Å². The minimum Gasteiger partial charge on any atom is -0.506 e. The fourth-order valence-electron chi connectivity index (χ4n) is 3.40. The van der Waals surface area contributed by atoms with Crippen LogP contribution >= 0.6 is 11.6 Å². The first-order valence-electron chi connectivity index (χ1n) is 8.78. The second-order valence-electron chi connectivity index (χ2n) is 6.55. The number of rotatable bonds is 4. The van der Waals surface area contributed by atoms with Crippen LogP contribution in [0.1, 0.15) is 27.5 Å². The molecule has 2 amide bonds. The molecule has 0 spiro atoms. The quantitative estimate of drug-likeness (QED) is 0.647. The topological polar surface area (TPSA) is 69.6 Å². The van der Waals surface area contributed by atoms with Crippen molar-refractivity contribution in [2.24, 2.45) is 0 Å². The third-order valence-electron chi connectivity index (χ3n) is 4.74. The molecule has 0 bridgehead atoms. The Labute approximate surface area is 167 Å². The van der Waals surface area contributed by atoms with Crippen LogP contribution in [0.4, 0.5) is 5.69 Å². The van der Waals surface area contributed by atoms with Crippen LogP contribution in [0.25, 0.3) is 0 Å². The van der Waals surface area contributed by atoms with Crippen molar-refractivity contribution in [3.63, 3.8) is 0 Å². The minimum absolute atomic E-state index is 0.0967. The number of carbonyl (C=O) groups excluding carboxylic acids is 2. The molecule has 0 unspecified atom stereocenters. The van der Waals surface area contributed by atoms with Gasteiger partial charge in [-0.05, 0) is 35.4 Å². The number of aromatic hydroxyl groups is 1. The monoisotopic (exact) mass is 392 g/mol. The van der Waals surface area contributed by atoms with E-state index in [1.54, 1.807) is 18.2 Å². The number of hydrogen-bond donors (Lipinski definition) is 2. The molecule has 0 saturated heterocycles. The van der Waals surface area contributed by atoms with Crippen LogP contribution in [0.2, 0.25) is 5.02 Å². The molecule has 1 aliphatic heterocycles. The smallest absolute Gasteiger partial charge is 0.255 e. The van der Waals surface area contributed by atoms with Crippen LogP contribution in [0.3, 0.4) is 0 Å². The van der Waals surface area contributed by atoms with Crippen LogP contribution in [-0.2, 0) is 11.3 Å². The fourth-order valence-corrected chi connectivity index (χ4v) is 3.58. The molecule has 0 fully saturated rings. The lowest BCUT2D eigenvalue weighted by Crippen LogP contribution is -2.37. The lowest BCUT2D eigenvalue weighted by Gasteiger charge is -2.27. The predicted molar refractivity (Wildman–Crippen MR) is 107 cm³/mol. The number of fused-ring (bicyclic) bond motifs is 1. The lowest BCUT2D eigenvalue weighted by atomic mass is 10.0. The van der Waals surface area contributed by atoms with E-state index in [0.29, 0.717) is 22.7 Å². The van der Waals surface area contributed by atoms with Crippen LogP contribution in [0.15, 0.2) is 72.8 Å². The molecule has 3 aromatic rings. The fraction of sp³-hybridized carbons (Fsp3) is 0.0909. The van der Waals surface area contributed by atoms with Crippen LogP contribution in [0.5, 0.6) is 5.75 Å². The number of benzene rings is 3. The van der Waals surface area contributed by atoms with Crippen LogP contribution < -0.4 is 5.32 Å².